The second kappa shape index (κ2) is 7.85. The molecule has 23 heavy (non-hydrogen) atoms. The van der Waals surface area contributed by atoms with Crippen LogP contribution in [0.25, 0.3) is 0 Å². The lowest BCUT2D eigenvalue weighted by molar-refractivity contribution is -0.274. The van der Waals surface area contributed by atoms with Gasteiger partial charge in [-0.25, -0.2) is 4.79 Å². The van der Waals surface area contributed by atoms with Crippen molar-refractivity contribution in [1.29, 1.82) is 0 Å². The summed E-state index contributed by atoms with van der Waals surface area (Å²) in [7, 11) is 0. The highest BCUT2D eigenvalue weighted by molar-refractivity contribution is 5.84. The average Bonchev–Trinajstić information content (AvgIpc) is 2.35. The van der Waals surface area contributed by atoms with Gasteiger partial charge >= 0.3 is 12.3 Å². The summed E-state index contributed by atoms with van der Waals surface area (Å²) >= 11 is 0. The van der Waals surface area contributed by atoms with Crippen LogP contribution in [0.2, 0.25) is 0 Å². The first-order chi connectivity index (χ1) is 10.6. The van der Waals surface area contributed by atoms with Gasteiger partial charge in [0.1, 0.15) is 11.8 Å². The molecule has 1 amide bonds. The van der Waals surface area contributed by atoms with Gasteiger partial charge in [-0.15, -0.1) is 13.2 Å². The summed E-state index contributed by atoms with van der Waals surface area (Å²) in [6, 6.07) is 3.96. The second-order valence-electron chi connectivity index (χ2n) is 5.46. The summed E-state index contributed by atoms with van der Waals surface area (Å²) < 4.78 is 40.2. The fourth-order valence-corrected chi connectivity index (χ4v) is 1.98. The lowest BCUT2D eigenvalue weighted by Crippen LogP contribution is -2.42. The van der Waals surface area contributed by atoms with Crippen LogP contribution < -0.4 is 10.1 Å². The van der Waals surface area contributed by atoms with Crippen molar-refractivity contribution < 1.29 is 32.6 Å². The van der Waals surface area contributed by atoms with E-state index in [0.29, 0.717) is 0 Å². The molecule has 0 aromatic heterocycles. The predicted molar refractivity (Wildman–Crippen MR) is 75.9 cm³/mol. The molecule has 1 rings (SSSR count). The van der Waals surface area contributed by atoms with E-state index in [1.165, 1.54) is 12.1 Å². The SMILES string of the molecule is CC(C)C[C@H](NC(=O)Cc1cccc(OC(F)(F)F)c1)C(=O)O. The van der Waals surface area contributed by atoms with Crippen molar-refractivity contribution in [3.8, 4) is 5.75 Å². The van der Waals surface area contributed by atoms with Crippen LogP contribution in [-0.2, 0) is 16.0 Å². The Morgan fingerprint density at radius 3 is 2.48 bits per heavy atom. The smallest absolute Gasteiger partial charge is 0.480 e. The number of carbonyl (C=O) groups is 2. The van der Waals surface area contributed by atoms with Gasteiger partial charge in [-0.05, 0) is 30.0 Å². The van der Waals surface area contributed by atoms with Crippen LogP contribution in [0.4, 0.5) is 13.2 Å². The van der Waals surface area contributed by atoms with Crippen molar-refractivity contribution in [1.82, 2.24) is 5.32 Å². The first-order valence-corrected chi connectivity index (χ1v) is 6.93. The number of carboxylic acids is 1. The zero-order valence-electron chi connectivity index (χ0n) is 12.7. The number of rotatable bonds is 7. The molecule has 0 saturated carbocycles. The Morgan fingerprint density at radius 2 is 1.96 bits per heavy atom. The van der Waals surface area contributed by atoms with E-state index in [4.69, 9.17) is 5.11 Å². The number of amides is 1. The van der Waals surface area contributed by atoms with Crippen LogP contribution in [0.5, 0.6) is 5.75 Å². The van der Waals surface area contributed by atoms with Gasteiger partial charge in [0, 0.05) is 0 Å². The molecule has 0 aliphatic rings. The third-order valence-electron chi connectivity index (χ3n) is 2.84. The van der Waals surface area contributed by atoms with E-state index in [2.05, 4.69) is 10.1 Å². The molecular weight excluding hydrogens is 315 g/mol. The lowest BCUT2D eigenvalue weighted by atomic mass is 10.0. The summed E-state index contributed by atoms with van der Waals surface area (Å²) in [4.78, 5) is 22.9. The van der Waals surface area contributed by atoms with Crippen molar-refractivity contribution >= 4 is 11.9 Å². The molecule has 5 nitrogen and oxygen atoms in total. The molecular formula is C15H18F3NO4. The predicted octanol–water partition coefficient (Wildman–Crippen LogP) is 2.74. The number of hydrogen-bond donors (Lipinski definition) is 2. The first kappa shape index (κ1) is 18.8. The molecule has 1 aromatic rings. The zero-order valence-corrected chi connectivity index (χ0v) is 12.7. The van der Waals surface area contributed by atoms with Gasteiger partial charge in [-0.1, -0.05) is 26.0 Å². The van der Waals surface area contributed by atoms with Gasteiger partial charge in [-0.2, -0.15) is 0 Å². The molecule has 0 aliphatic carbocycles. The Kier molecular flexibility index (Phi) is 6.41. The average molecular weight is 333 g/mol. The van der Waals surface area contributed by atoms with Crippen LogP contribution in [0.1, 0.15) is 25.8 Å². The van der Waals surface area contributed by atoms with Crippen molar-refractivity contribution in [2.24, 2.45) is 5.92 Å². The van der Waals surface area contributed by atoms with Gasteiger partial charge in [0.05, 0.1) is 6.42 Å². The van der Waals surface area contributed by atoms with Crippen molar-refractivity contribution in [2.75, 3.05) is 0 Å². The van der Waals surface area contributed by atoms with Crippen LogP contribution in [0.3, 0.4) is 0 Å². The highest BCUT2D eigenvalue weighted by atomic mass is 19.4. The van der Waals surface area contributed by atoms with E-state index >= 15 is 0 Å². The highest BCUT2D eigenvalue weighted by Gasteiger charge is 2.31. The quantitative estimate of drug-likeness (QED) is 0.804. The molecule has 0 saturated heterocycles. The molecule has 128 valence electrons. The molecule has 0 fully saturated rings. The summed E-state index contributed by atoms with van der Waals surface area (Å²) in [6.45, 7) is 3.64. The number of nitrogens with one attached hydrogen (secondary N) is 1. The molecule has 8 heteroatoms. The molecule has 2 N–H and O–H groups in total. The molecule has 0 bridgehead atoms. The van der Waals surface area contributed by atoms with Crippen molar-refractivity contribution in [3.63, 3.8) is 0 Å². The number of halogens is 3. The van der Waals surface area contributed by atoms with E-state index < -0.39 is 30.0 Å². The summed E-state index contributed by atoms with van der Waals surface area (Å²) in [5.74, 6) is -2.09. The maximum Gasteiger partial charge on any atom is 0.573 e. The molecule has 0 spiro atoms. The largest absolute Gasteiger partial charge is 0.573 e. The Morgan fingerprint density at radius 1 is 1.30 bits per heavy atom. The van der Waals surface area contributed by atoms with Gasteiger partial charge < -0.3 is 15.2 Å². The highest BCUT2D eigenvalue weighted by Crippen LogP contribution is 2.23. The number of carbonyl (C=O) groups excluding carboxylic acids is 1. The summed E-state index contributed by atoms with van der Waals surface area (Å²) in [6.07, 6.45) is -4.79. The van der Waals surface area contributed by atoms with Gasteiger partial charge in [0.25, 0.3) is 0 Å². The number of aliphatic carboxylic acids is 1. The topological polar surface area (TPSA) is 75.6 Å². The standard InChI is InChI=1S/C15H18F3NO4/c1-9(2)6-12(14(21)22)19-13(20)8-10-4-3-5-11(7-10)23-15(16,17)18/h3-5,7,9,12H,6,8H2,1-2H3,(H,19,20)(H,21,22)/t12-/m0/s1. The summed E-state index contributed by atoms with van der Waals surface area (Å²) in [5.41, 5.74) is 0.290. The van der Waals surface area contributed by atoms with Gasteiger partial charge in [0.2, 0.25) is 5.91 Å². The van der Waals surface area contributed by atoms with E-state index in [9.17, 15) is 22.8 Å². The number of carboxylic acid groups (broad SMARTS) is 1. The van der Waals surface area contributed by atoms with Crippen LogP contribution in [-0.4, -0.2) is 29.4 Å². The van der Waals surface area contributed by atoms with Gasteiger partial charge in [0.15, 0.2) is 0 Å². The molecule has 1 atom stereocenters. The molecule has 0 aliphatic heterocycles. The van der Waals surface area contributed by atoms with Crippen molar-refractivity contribution in [2.45, 2.75) is 39.1 Å². The Balaban J connectivity index is 2.69. The van der Waals surface area contributed by atoms with Crippen molar-refractivity contribution in [3.05, 3.63) is 29.8 Å². The fourth-order valence-electron chi connectivity index (χ4n) is 1.98. The van der Waals surface area contributed by atoms with Crippen LogP contribution in [0.15, 0.2) is 24.3 Å². The number of ether oxygens (including phenoxy) is 1. The van der Waals surface area contributed by atoms with E-state index in [0.717, 1.165) is 12.1 Å². The molecule has 1 aromatic carbocycles. The minimum atomic E-state index is -4.81. The Hall–Kier alpha value is -2.25. The van der Waals surface area contributed by atoms with Crippen LogP contribution >= 0.6 is 0 Å². The number of hydrogen-bond acceptors (Lipinski definition) is 3. The first-order valence-electron chi connectivity index (χ1n) is 6.93. The van der Waals surface area contributed by atoms with E-state index in [1.807, 2.05) is 13.8 Å². The molecule has 0 heterocycles. The number of benzene rings is 1. The normalized spacial score (nSPS) is 12.8. The minimum absolute atomic E-state index is 0.0694. The van der Waals surface area contributed by atoms with E-state index in [-0.39, 0.29) is 24.3 Å². The van der Waals surface area contributed by atoms with E-state index in [1.54, 1.807) is 0 Å². The number of alkyl halides is 3. The molecule has 0 radical (unpaired) electrons. The third-order valence-corrected chi connectivity index (χ3v) is 2.84. The maximum absolute atomic E-state index is 12.2. The Labute approximate surface area is 131 Å². The van der Waals surface area contributed by atoms with Gasteiger partial charge in [-0.3, -0.25) is 4.79 Å². The zero-order chi connectivity index (χ0) is 17.6. The monoisotopic (exact) mass is 333 g/mol. The maximum atomic E-state index is 12.2. The summed E-state index contributed by atoms with van der Waals surface area (Å²) in [5, 5.41) is 11.4. The minimum Gasteiger partial charge on any atom is -0.480 e. The Bertz CT molecular complexity index is 558. The fraction of sp³-hybridized carbons (Fsp3) is 0.467. The second-order valence-corrected chi connectivity index (χ2v) is 5.46. The molecule has 0 unspecified atom stereocenters. The lowest BCUT2D eigenvalue weighted by Gasteiger charge is -2.16. The third kappa shape index (κ3) is 7.53. The van der Waals surface area contributed by atoms with Crippen LogP contribution in [0, 0.1) is 5.92 Å².